The van der Waals surface area contributed by atoms with Crippen LogP contribution in [-0.2, 0) is 19.6 Å². The molecule has 4 aliphatic rings. The maximum atomic E-state index is 13.0. The highest BCUT2D eigenvalue weighted by atomic mass is 32.2. The van der Waals surface area contributed by atoms with E-state index in [0.29, 0.717) is 82.8 Å². The van der Waals surface area contributed by atoms with Crippen molar-refractivity contribution < 1.29 is 27.9 Å². The van der Waals surface area contributed by atoms with Crippen molar-refractivity contribution in [3.05, 3.63) is 53.6 Å². The van der Waals surface area contributed by atoms with E-state index in [9.17, 15) is 23.1 Å². The van der Waals surface area contributed by atoms with Gasteiger partial charge in [-0.25, -0.2) is 8.42 Å². The molecule has 36 heavy (non-hydrogen) atoms. The number of carbonyl (C=O) groups is 2. The number of piperazine rings is 1. The van der Waals surface area contributed by atoms with E-state index >= 15 is 0 Å². The number of sulfonamides is 1. The van der Waals surface area contributed by atoms with Crippen LogP contribution in [0.5, 0.6) is 0 Å². The van der Waals surface area contributed by atoms with E-state index in [4.69, 9.17) is 4.74 Å². The van der Waals surface area contributed by atoms with Gasteiger partial charge in [-0.2, -0.15) is 4.40 Å². The van der Waals surface area contributed by atoms with E-state index < -0.39 is 20.9 Å². The third-order valence-electron chi connectivity index (χ3n) is 7.22. The normalized spacial score (nSPS) is 23.5. The summed E-state index contributed by atoms with van der Waals surface area (Å²) in [6.45, 7) is 2.58. The maximum Gasteiger partial charge on any atom is 0.256 e. The Morgan fingerprint density at radius 2 is 1.64 bits per heavy atom. The Kier molecular flexibility index (Phi) is 6.84. The van der Waals surface area contributed by atoms with Crippen LogP contribution in [0.1, 0.15) is 48.0 Å². The minimum Gasteiger partial charge on any atom is -0.381 e. The van der Waals surface area contributed by atoms with Crippen LogP contribution in [0.4, 0.5) is 0 Å². The van der Waals surface area contributed by atoms with Crippen LogP contribution in [0.25, 0.3) is 5.57 Å². The standard InChI is InChI=1S/C26H31N3O6S/c30-24(28-12-14-29(15-13-28)25(31)26(32)10-11-26)20-6-4-19(5-7-20)21-2-1-3-22(18-21)27-36(33,34)23-8-16-35-17-9-23/h1-2,4-7,18,23,32H,3,8-17H2. The zero-order valence-corrected chi connectivity index (χ0v) is 21.0. The lowest BCUT2D eigenvalue weighted by Crippen LogP contribution is -2.53. The van der Waals surface area contributed by atoms with Gasteiger partial charge in [0.2, 0.25) is 0 Å². The molecular weight excluding hydrogens is 482 g/mol. The van der Waals surface area contributed by atoms with Gasteiger partial charge in [0.25, 0.3) is 21.8 Å². The molecule has 0 unspecified atom stereocenters. The molecule has 0 atom stereocenters. The Balaban J connectivity index is 1.23. The molecule has 1 aromatic rings. The first-order valence-corrected chi connectivity index (χ1v) is 14.0. The lowest BCUT2D eigenvalue weighted by atomic mass is 9.97. The first kappa shape index (κ1) is 24.9. The van der Waals surface area contributed by atoms with Crippen LogP contribution in [0.3, 0.4) is 0 Å². The maximum absolute atomic E-state index is 13.0. The first-order chi connectivity index (χ1) is 17.2. The molecule has 5 rings (SSSR count). The van der Waals surface area contributed by atoms with Gasteiger partial charge < -0.3 is 19.6 Å². The number of hydrogen-bond donors (Lipinski definition) is 1. The zero-order valence-electron chi connectivity index (χ0n) is 20.1. The zero-order chi connectivity index (χ0) is 25.3. The van der Waals surface area contributed by atoms with Crippen LogP contribution in [0.15, 0.2) is 46.9 Å². The largest absolute Gasteiger partial charge is 0.381 e. The molecule has 1 saturated carbocycles. The molecule has 1 aromatic carbocycles. The lowest BCUT2D eigenvalue weighted by Gasteiger charge is -2.35. The van der Waals surface area contributed by atoms with Crippen molar-refractivity contribution in [1.29, 1.82) is 0 Å². The summed E-state index contributed by atoms with van der Waals surface area (Å²) in [4.78, 5) is 28.7. The summed E-state index contributed by atoms with van der Waals surface area (Å²) in [5.74, 6) is -0.326. The molecule has 10 heteroatoms. The Labute approximate surface area is 211 Å². The first-order valence-electron chi connectivity index (χ1n) is 12.5. The van der Waals surface area contributed by atoms with Crippen LogP contribution in [-0.4, -0.2) is 91.1 Å². The Bertz CT molecular complexity index is 1220. The summed E-state index contributed by atoms with van der Waals surface area (Å²) < 4.78 is 34.8. The van der Waals surface area contributed by atoms with Gasteiger partial charge in [0.05, 0.1) is 11.0 Å². The number of amides is 2. The number of benzene rings is 1. The molecule has 1 N–H and O–H groups in total. The van der Waals surface area contributed by atoms with Crippen molar-refractivity contribution in [3.63, 3.8) is 0 Å². The quantitative estimate of drug-likeness (QED) is 0.642. The fourth-order valence-corrected chi connectivity index (χ4v) is 6.17. The number of aliphatic hydroxyl groups is 1. The number of ether oxygens (including phenoxy) is 1. The van der Waals surface area contributed by atoms with Crippen LogP contribution in [0, 0.1) is 0 Å². The second kappa shape index (κ2) is 9.91. The number of nitrogens with zero attached hydrogens (tertiary/aromatic N) is 3. The molecule has 0 spiro atoms. The average Bonchev–Trinajstić information content (AvgIpc) is 3.67. The number of hydrogen-bond acceptors (Lipinski definition) is 6. The van der Waals surface area contributed by atoms with E-state index in [1.54, 1.807) is 28.0 Å². The summed E-state index contributed by atoms with van der Waals surface area (Å²) in [5, 5.41) is 9.55. The van der Waals surface area contributed by atoms with E-state index in [1.165, 1.54) is 0 Å². The number of allylic oxidation sites excluding steroid dienone is 4. The third-order valence-corrected chi connectivity index (χ3v) is 9.02. The van der Waals surface area contributed by atoms with Crippen molar-refractivity contribution in [2.45, 2.75) is 43.0 Å². The molecule has 9 nitrogen and oxygen atoms in total. The monoisotopic (exact) mass is 513 g/mol. The topological polar surface area (TPSA) is 117 Å². The molecule has 2 aliphatic carbocycles. The van der Waals surface area contributed by atoms with Gasteiger partial charge >= 0.3 is 0 Å². The molecule has 192 valence electrons. The smallest absolute Gasteiger partial charge is 0.256 e. The molecule has 2 amide bonds. The predicted octanol–water partition coefficient (Wildman–Crippen LogP) is 1.79. The van der Waals surface area contributed by atoms with Crippen molar-refractivity contribution in [1.82, 2.24) is 9.80 Å². The van der Waals surface area contributed by atoms with E-state index in [0.717, 1.165) is 11.1 Å². The highest BCUT2D eigenvalue weighted by Crippen LogP contribution is 2.37. The molecular formula is C26H31N3O6S. The fourth-order valence-electron chi connectivity index (χ4n) is 4.78. The fraction of sp³-hybridized carbons (Fsp3) is 0.500. The highest BCUT2D eigenvalue weighted by Gasteiger charge is 2.50. The van der Waals surface area contributed by atoms with Gasteiger partial charge in [-0.1, -0.05) is 24.3 Å². The summed E-state index contributed by atoms with van der Waals surface area (Å²) in [6, 6.07) is 7.23. The molecule has 0 radical (unpaired) electrons. The van der Waals surface area contributed by atoms with Gasteiger partial charge in [-0.05, 0) is 55.0 Å². The molecule has 2 aliphatic heterocycles. The van der Waals surface area contributed by atoms with E-state index in [2.05, 4.69) is 4.40 Å². The van der Waals surface area contributed by atoms with Gasteiger partial charge in [0.15, 0.2) is 0 Å². The summed E-state index contributed by atoms with van der Waals surface area (Å²) in [7, 11) is -3.59. The van der Waals surface area contributed by atoms with Crippen molar-refractivity contribution in [2.24, 2.45) is 4.40 Å². The summed E-state index contributed by atoms with van der Waals surface area (Å²) in [5.41, 5.74) is 1.58. The van der Waals surface area contributed by atoms with Gasteiger partial charge in [-0.15, -0.1) is 0 Å². The van der Waals surface area contributed by atoms with E-state index in [1.807, 2.05) is 24.3 Å². The highest BCUT2D eigenvalue weighted by molar-refractivity contribution is 7.90. The van der Waals surface area contributed by atoms with Crippen LogP contribution >= 0.6 is 0 Å². The van der Waals surface area contributed by atoms with Gasteiger partial charge in [0.1, 0.15) is 5.60 Å². The minimum absolute atomic E-state index is 0.100. The van der Waals surface area contributed by atoms with Gasteiger partial charge in [0, 0.05) is 51.4 Å². The summed E-state index contributed by atoms with van der Waals surface area (Å²) in [6.07, 6.45) is 8.03. The van der Waals surface area contributed by atoms with Crippen molar-refractivity contribution >= 4 is 33.1 Å². The Morgan fingerprint density at radius 1 is 1.00 bits per heavy atom. The minimum atomic E-state index is -3.59. The SMILES string of the molecule is O=C(c1ccc(C2=CC(=NS(=O)(=O)C3CCOCC3)CC=C2)cc1)N1CCN(C(=O)C2(O)CC2)CC1. The second-order valence-electron chi connectivity index (χ2n) is 9.81. The van der Waals surface area contributed by atoms with Gasteiger partial charge in [-0.3, -0.25) is 9.59 Å². The number of rotatable bonds is 5. The Hall–Kier alpha value is -2.82. The summed E-state index contributed by atoms with van der Waals surface area (Å²) >= 11 is 0. The number of carbonyl (C=O) groups excluding carboxylic acids is 2. The average molecular weight is 514 g/mol. The lowest BCUT2D eigenvalue weighted by molar-refractivity contribution is -0.143. The molecule has 0 aromatic heterocycles. The molecule has 2 heterocycles. The van der Waals surface area contributed by atoms with Crippen LogP contribution in [0.2, 0.25) is 0 Å². The molecule has 3 fully saturated rings. The second-order valence-corrected chi connectivity index (χ2v) is 11.7. The Morgan fingerprint density at radius 3 is 2.28 bits per heavy atom. The predicted molar refractivity (Wildman–Crippen MR) is 135 cm³/mol. The molecule has 0 bridgehead atoms. The van der Waals surface area contributed by atoms with Crippen molar-refractivity contribution in [3.8, 4) is 0 Å². The van der Waals surface area contributed by atoms with Crippen molar-refractivity contribution in [2.75, 3.05) is 39.4 Å². The van der Waals surface area contributed by atoms with Crippen LogP contribution < -0.4 is 0 Å². The van der Waals surface area contributed by atoms with E-state index in [-0.39, 0.29) is 11.8 Å². The molecule has 2 saturated heterocycles. The third kappa shape index (κ3) is 5.30.